The van der Waals surface area contributed by atoms with Gasteiger partial charge in [0.05, 0.1) is 30.2 Å². The topological polar surface area (TPSA) is 131 Å². The summed E-state index contributed by atoms with van der Waals surface area (Å²) in [5.74, 6) is -1.99. The highest BCUT2D eigenvalue weighted by atomic mass is 32.1. The van der Waals surface area contributed by atoms with Gasteiger partial charge < -0.3 is 15.4 Å². The fraction of sp³-hybridized carbons (Fsp3) is 0.211. The molecule has 0 aliphatic carbocycles. The Labute approximate surface area is 169 Å². The Morgan fingerprint density at radius 3 is 2.72 bits per heavy atom. The highest BCUT2D eigenvalue weighted by Gasteiger charge is 2.36. The van der Waals surface area contributed by atoms with Crippen LogP contribution >= 0.6 is 11.3 Å². The van der Waals surface area contributed by atoms with Gasteiger partial charge in [-0.25, -0.2) is 4.79 Å². The van der Waals surface area contributed by atoms with E-state index in [2.05, 4.69) is 9.72 Å². The molecule has 0 saturated heterocycles. The number of allylic oxidation sites excluding steroid dienone is 1. The summed E-state index contributed by atoms with van der Waals surface area (Å²) < 4.78 is 5.99. The van der Waals surface area contributed by atoms with E-state index in [-0.39, 0.29) is 26.2 Å². The van der Waals surface area contributed by atoms with Gasteiger partial charge in [-0.3, -0.25) is 19.1 Å². The van der Waals surface area contributed by atoms with Gasteiger partial charge in [0, 0.05) is 32.6 Å². The first-order valence-corrected chi connectivity index (χ1v) is 9.20. The average Bonchev–Trinajstić information content (AvgIpc) is 3.03. The van der Waals surface area contributed by atoms with Gasteiger partial charge in [0.1, 0.15) is 15.0 Å². The number of carbonyl (C=O) groups is 2. The van der Waals surface area contributed by atoms with Gasteiger partial charge in [-0.05, 0) is 11.6 Å². The Morgan fingerprint density at radius 2 is 2.17 bits per heavy atom. The number of thiazole rings is 1. The molecule has 3 rings (SSSR count). The second kappa shape index (κ2) is 7.73. The molecule has 1 amide bonds. The summed E-state index contributed by atoms with van der Waals surface area (Å²) in [6, 6.07) is 5.45. The number of hydrogen-bond acceptors (Lipinski definition) is 8. The minimum atomic E-state index is -0.798. The van der Waals surface area contributed by atoms with Crippen molar-refractivity contribution in [2.24, 2.45) is 5.73 Å². The zero-order valence-electron chi connectivity index (χ0n) is 15.9. The van der Waals surface area contributed by atoms with E-state index in [0.717, 1.165) is 22.0 Å². The van der Waals surface area contributed by atoms with Crippen LogP contribution in [-0.2, 0) is 14.3 Å². The summed E-state index contributed by atoms with van der Waals surface area (Å²) in [4.78, 5) is 43.1. The third-order valence-electron chi connectivity index (χ3n) is 4.37. The highest BCUT2D eigenvalue weighted by Crippen LogP contribution is 2.36. The first-order chi connectivity index (χ1) is 13.8. The number of methoxy groups -OCH3 is 1. The highest BCUT2D eigenvalue weighted by molar-refractivity contribution is 7.07. The van der Waals surface area contributed by atoms with Gasteiger partial charge in [-0.2, -0.15) is 5.26 Å². The zero-order chi connectivity index (χ0) is 21.3. The minimum Gasteiger partial charge on any atom is -0.466 e. The van der Waals surface area contributed by atoms with Crippen molar-refractivity contribution in [3.63, 3.8) is 0 Å². The molecule has 1 atom stereocenters. The molecule has 0 aromatic carbocycles. The number of nitriles is 1. The molecule has 3 heterocycles. The van der Waals surface area contributed by atoms with Gasteiger partial charge in [0.15, 0.2) is 0 Å². The maximum Gasteiger partial charge on any atom is 0.332 e. The fourth-order valence-electron chi connectivity index (χ4n) is 3.04. The summed E-state index contributed by atoms with van der Waals surface area (Å²) >= 11 is 0.940. The number of ether oxygens (including phenoxy) is 1. The number of rotatable bonds is 3. The van der Waals surface area contributed by atoms with Crippen LogP contribution in [0.1, 0.15) is 11.5 Å². The summed E-state index contributed by atoms with van der Waals surface area (Å²) in [5, 5.41) is 9.80. The van der Waals surface area contributed by atoms with Gasteiger partial charge in [0.2, 0.25) is 0 Å². The molecule has 10 heteroatoms. The predicted octanol–water partition coefficient (Wildman–Crippen LogP) is -1.05. The van der Waals surface area contributed by atoms with Crippen molar-refractivity contribution in [2.75, 3.05) is 21.2 Å². The second-order valence-electron chi connectivity index (χ2n) is 6.32. The fourth-order valence-corrected chi connectivity index (χ4v) is 4.17. The lowest BCUT2D eigenvalue weighted by Crippen LogP contribution is -2.41. The summed E-state index contributed by atoms with van der Waals surface area (Å²) in [6.07, 6.45) is 4.15. The van der Waals surface area contributed by atoms with Crippen LogP contribution in [0, 0.1) is 11.3 Å². The van der Waals surface area contributed by atoms with Crippen LogP contribution in [0.15, 0.2) is 34.9 Å². The van der Waals surface area contributed by atoms with Crippen LogP contribution < -0.4 is 20.5 Å². The summed E-state index contributed by atoms with van der Waals surface area (Å²) in [5.41, 5.74) is 6.43. The van der Waals surface area contributed by atoms with Crippen molar-refractivity contribution in [1.29, 1.82) is 5.26 Å². The monoisotopic (exact) mass is 411 g/mol. The molecule has 0 spiro atoms. The quantitative estimate of drug-likeness (QED) is 0.637. The van der Waals surface area contributed by atoms with Crippen molar-refractivity contribution in [1.82, 2.24) is 14.5 Å². The van der Waals surface area contributed by atoms with Crippen LogP contribution in [0.3, 0.4) is 0 Å². The molecule has 2 aromatic rings. The molecule has 1 unspecified atom stereocenters. The van der Waals surface area contributed by atoms with Crippen LogP contribution in [0.4, 0.5) is 0 Å². The maximum atomic E-state index is 13.1. The maximum absolute atomic E-state index is 13.1. The number of amides is 1. The average molecular weight is 411 g/mol. The van der Waals surface area contributed by atoms with Gasteiger partial charge in [-0.1, -0.05) is 6.07 Å². The molecule has 0 bridgehead atoms. The largest absolute Gasteiger partial charge is 0.466 e. The summed E-state index contributed by atoms with van der Waals surface area (Å²) in [6.45, 7) is 0. The molecule has 29 heavy (non-hydrogen) atoms. The molecule has 2 aromatic heterocycles. The number of nitrogens with two attached hydrogens (primary N) is 1. The van der Waals surface area contributed by atoms with Crippen molar-refractivity contribution in [3.05, 3.63) is 55.2 Å². The second-order valence-corrected chi connectivity index (χ2v) is 7.35. The number of fused-ring (bicyclic) bond motifs is 1. The SMILES string of the molecule is COC(=O)/C=c1\sc2n(c1=O)C(N)=C(C#N)C(c1cccnc1)C=2C(=O)N(C)C. The Balaban J connectivity index is 2.51. The molecule has 2 N–H and O–H groups in total. The van der Waals surface area contributed by atoms with E-state index in [1.54, 1.807) is 38.6 Å². The third kappa shape index (κ3) is 3.32. The Morgan fingerprint density at radius 1 is 1.45 bits per heavy atom. The van der Waals surface area contributed by atoms with Crippen LogP contribution in [-0.4, -0.2) is 47.5 Å². The lowest BCUT2D eigenvalue weighted by molar-refractivity contribution is -0.133. The van der Waals surface area contributed by atoms with E-state index in [0.29, 0.717) is 5.56 Å². The molecule has 0 fully saturated rings. The number of pyridine rings is 1. The number of hydrogen-bond donors (Lipinski definition) is 1. The Kier molecular flexibility index (Phi) is 5.34. The summed E-state index contributed by atoms with van der Waals surface area (Å²) in [7, 11) is 4.33. The van der Waals surface area contributed by atoms with Gasteiger partial charge >= 0.3 is 5.97 Å². The normalized spacial score (nSPS) is 16.3. The zero-order valence-corrected chi connectivity index (χ0v) is 16.7. The van der Waals surface area contributed by atoms with Gasteiger partial charge in [-0.15, -0.1) is 11.3 Å². The number of carbonyl (C=O) groups excluding carboxylic acids is 2. The van der Waals surface area contributed by atoms with E-state index >= 15 is 0 Å². The van der Waals surface area contributed by atoms with E-state index < -0.39 is 23.4 Å². The molecule has 1 aliphatic heterocycles. The lowest BCUT2D eigenvalue weighted by Gasteiger charge is -2.26. The first kappa shape index (κ1) is 20.0. The number of nitrogens with zero attached hydrogens (tertiary/aromatic N) is 4. The Hall–Kier alpha value is -3.71. The molecular formula is C19H17N5O4S. The lowest BCUT2D eigenvalue weighted by atomic mass is 9.84. The van der Waals surface area contributed by atoms with Crippen LogP contribution in [0.25, 0.3) is 17.5 Å². The van der Waals surface area contributed by atoms with E-state index in [1.165, 1.54) is 12.0 Å². The third-order valence-corrected chi connectivity index (χ3v) is 5.48. The Bertz CT molecular complexity index is 1250. The smallest absolute Gasteiger partial charge is 0.332 e. The standard InChI is InChI=1S/C19H17N5O4S/c1-23(2)18(27)15-14(10-5-4-6-22-9-10)11(8-20)16(21)24-17(26)12(29-19(15)24)7-13(25)28-3/h4-7,9,14H,21H2,1-3H3/b12-7-. The van der Waals surface area contributed by atoms with Crippen molar-refractivity contribution < 1.29 is 14.3 Å². The molecule has 148 valence electrons. The van der Waals surface area contributed by atoms with Crippen LogP contribution in [0.2, 0.25) is 0 Å². The van der Waals surface area contributed by atoms with Crippen molar-refractivity contribution >= 4 is 40.7 Å². The van der Waals surface area contributed by atoms with E-state index in [4.69, 9.17) is 5.73 Å². The number of esters is 1. The first-order valence-electron chi connectivity index (χ1n) is 8.39. The van der Waals surface area contributed by atoms with E-state index in [1.807, 2.05) is 6.07 Å². The molecular weight excluding hydrogens is 394 g/mol. The molecule has 0 radical (unpaired) electrons. The molecule has 0 saturated carbocycles. The molecule has 1 aliphatic rings. The van der Waals surface area contributed by atoms with Crippen molar-refractivity contribution in [3.8, 4) is 6.07 Å². The van der Waals surface area contributed by atoms with Crippen molar-refractivity contribution in [2.45, 2.75) is 5.92 Å². The molecule has 9 nitrogen and oxygen atoms in total. The minimum absolute atomic E-state index is 0.0444. The van der Waals surface area contributed by atoms with E-state index in [9.17, 15) is 19.6 Å². The predicted molar refractivity (Wildman–Crippen MR) is 106 cm³/mol. The number of aromatic nitrogens is 2. The van der Waals surface area contributed by atoms with Crippen LogP contribution in [0.5, 0.6) is 0 Å². The van der Waals surface area contributed by atoms with Gasteiger partial charge in [0.25, 0.3) is 11.5 Å².